The number of nitrogens with one attached hydrogen (secondary N) is 1. The summed E-state index contributed by atoms with van der Waals surface area (Å²) >= 11 is 0. The largest absolute Gasteiger partial charge is 0.497 e. The molecule has 1 heterocycles. The van der Waals surface area contributed by atoms with E-state index in [1.807, 2.05) is 12.1 Å². The molecule has 162 valence electrons. The van der Waals surface area contributed by atoms with Crippen molar-refractivity contribution < 1.29 is 9.47 Å². The van der Waals surface area contributed by atoms with Crippen molar-refractivity contribution in [2.75, 3.05) is 13.7 Å². The van der Waals surface area contributed by atoms with Crippen LogP contribution in [0.15, 0.2) is 78.9 Å². The minimum Gasteiger partial charge on any atom is -0.497 e. The highest BCUT2D eigenvalue weighted by Gasteiger charge is 2.29. The van der Waals surface area contributed by atoms with E-state index in [9.17, 15) is 0 Å². The minimum atomic E-state index is 0.174. The van der Waals surface area contributed by atoms with Crippen LogP contribution < -0.4 is 14.8 Å². The first-order chi connectivity index (χ1) is 15.2. The van der Waals surface area contributed by atoms with Gasteiger partial charge in [-0.3, -0.25) is 0 Å². The molecule has 0 aromatic heterocycles. The van der Waals surface area contributed by atoms with Crippen LogP contribution in [-0.4, -0.2) is 25.8 Å². The number of aryl methyl sites for hydroxylation is 1. The van der Waals surface area contributed by atoms with E-state index >= 15 is 0 Å². The minimum absolute atomic E-state index is 0.174. The molecule has 0 aliphatic carbocycles. The van der Waals surface area contributed by atoms with Crippen molar-refractivity contribution in [2.45, 2.75) is 50.7 Å². The van der Waals surface area contributed by atoms with E-state index in [0.717, 1.165) is 43.7 Å². The summed E-state index contributed by atoms with van der Waals surface area (Å²) in [5.41, 5.74) is 4.01. The first-order valence-electron chi connectivity index (χ1n) is 11.4. The molecule has 0 saturated heterocycles. The molecule has 3 atom stereocenters. The molecule has 3 unspecified atom stereocenters. The van der Waals surface area contributed by atoms with Crippen molar-refractivity contribution in [3.63, 3.8) is 0 Å². The van der Waals surface area contributed by atoms with Crippen LogP contribution in [0.2, 0.25) is 0 Å². The molecule has 1 aliphatic heterocycles. The van der Waals surface area contributed by atoms with E-state index in [1.165, 1.54) is 16.7 Å². The molecule has 1 aliphatic rings. The summed E-state index contributed by atoms with van der Waals surface area (Å²) < 4.78 is 11.9. The third-order valence-electron chi connectivity index (χ3n) is 6.23. The average Bonchev–Trinajstić information content (AvgIpc) is 2.82. The highest BCUT2D eigenvalue weighted by Crippen LogP contribution is 2.39. The fourth-order valence-electron chi connectivity index (χ4n) is 4.42. The standard InChI is InChI=1S/C28H33NO2/c1-21(13-14-22-9-5-3-6-10-22)29-20-24-18-26(17-23-11-7-4-8-12-23)31-28-19-25(30-2)15-16-27(24)28/h3-12,15-16,19,21,24,26,29H,13-14,17-18,20H2,1-2H3. The zero-order chi connectivity index (χ0) is 21.5. The molecule has 0 bridgehead atoms. The maximum atomic E-state index is 6.41. The van der Waals surface area contributed by atoms with Crippen LogP contribution in [-0.2, 0) is 12.8 Å². The maximum absolute atomic E-state index is 6.41. The molecule has 0 radical (unpaired) electrons. The van der Waals surface area contributed by atoms with Crippen molar-refractivity contribution in [1.29, 1.82) is 0 Å². The Labute approximate surface area is 186 Å². The summed E-state index contributed by atoms with van der Waals surface area (Å²) in [4.78, 5) is 0. The molecule has 0 amide bonds. The van der Waals surface area contributed by atoms with Gasteiger partial charge in [0.15, 0.2) is 0 Å². The average molecular weight is 416 g/mol. The smallest absolute Gasteiger partial charge is 0.126 e. The SMILES string of the molecule is COc1ccc2c(c1)OC(Cc1ccccc1)CC2CNC(C)CCc1ccccc1. The van der Waals surface area contributed by atoms with Gasteiger partial charge in [-0.05, 0) is 48.9 Å². The summed E-state index contributed by atoms with van der Waals surface area (Å²) in [6, 6.07) is 28.1. The maximum Gasteiger partial charge on any atom is 0.126 e. The van der Waals surface area contributed by atoms with E-state index in [2.05, 4.69) is 79.0 Å². The molecule has 3 aromatic rings. The predicted octanol–water partition coefficient (Wildman–Crippen LogP) is 5.78. The van der Waals surface area contributed by atoms with Gasteiger partial charge in [-0.1, -0.05) is 66.7 Å². The summed E-state index contributed by atoms with van der Waals surface area (Å²) in [6.07, 6.45) is 4.36. The molecule has 1 N–H and O–H groups in total. The third-order valence-corrected chi connectivity index (χ3v) is 6.23. The molecule has 0 spiro atoms. The summed E-state index contributed by atoms with van der Waals surface area (Å²) in [7, 11) is 1.71. The van der Waals surface area contributed by atoms with Crippen molar-refractivity contribution in [3.05, 3.63) is 95.6 Å². The molecular formula is C28H33NO2. The van der Waals surface area contributed by atoms with Gasteiger partial charge >= 0.3 is 0 Å². The number of methoxy groups -OCH3 is 1. The number of benzene rings is 3. The van der Waals surface area contributed by atoms with Crippen LogP contribution in [0.1, 0.15) is 42.4 Å². The zero-order valence-corrected chi connectivity index (χ0v) is 18.6. The van der Waals surface area contributed by atoms with Crippen LogP contribution in [0.25, 0.3) is 0 Å². The lowest BCUT2D eigenvalue weighted by molar-refractivity contribution is 0.156. The van der Waals surface area contributed by atoms with Gasteiger partial charge in [-0.2, -0.15) is 0 Å². The Kier molecular flexibility index (Phi) is 7.26. The van der Waals surface area contributed by atoms with Crippen LogP contribution in [0, 0.1) is 0 Å². The number of fused-ring (bicyclic) bond motifs is 1. The first kappa shape index (κ1) is 21.5. The quantitative estimate of drug-likeness (QED) is 0.480. The Morgan fingerprint density at radius 3 is 2.39 bits per heavy atom. The van der Waals surface area contributed by atoms with Gasteiger partial charge in [-0.15, -0.1) is 0 Å². The van der Waals surface area contributed by atoms with Crippen LogP contribution in [0.4, 0.5) is 0 Å². The van der Waals surface area contributed by atoms with Crippen molar-refractivity contribution in [3.8, 4) is 11.5 Å². The number of rotatable bonds is 9. The second-order valence-corrected chi connectivity index (χ2v) is 8.60. The highest BCUT2D eigenvalue weighted by molar-refractivity contribution is 5.44. The monoisotopic (exact) mass is 415 g/mol. The van der Waals surface area contributed by atoms with Crippen molar-refractivity contribution in [2.24, 2.45) is 0 Å². The van der Waals surface area contributed by atoms with Gasteiger partial charge in [0, 0.05) is 31.0 Å². The molecule has 4 rings (SSSR count). The van der Waals surface area contributed by atoms with E-state index in [1.54, 1.807) is 7.11 Å². The number of ether oxygens (including phenoxy) is 2. The second-order valence-electron chi connectivity index (χ2n) is 8.60. The molecule has 3 heteroatoms. The summed E-state index contributed by atoms with van der Waals surface area (Å²) in [5, 5.41) is 3.79. The molecular weight excluding hydrogens is 382 g/mol. The molecule has 3 aromatic carbocycles. The summed E-state index contributed by atoms with van der Waals surface area (Å²) in [6.45, 7) is 3.25. The number of hydrogen-bond donors (Lipinski definition) is 1. The Balaban J connectivity index is 1.41. The van der Waals surface area contributed by atoms with Crippen molar-refractivity contribution >= 4 is 0 Å². The predicted molar refractivity (Wildman–Crippen MR) is 127 cm³/mol. The van der Waals surface area contributed by atoms with Gasteiger partial charge in [0.2, 0.25) is 0 Å². The van der Waals surface area contributed by atoms with Crippen LogP contribution in [0.3, 0.4) is 0 Å². The second kappa shape index (κ2) is 10.5. The van der Waals surface area contributed by atoms with Crippen molar-refractivity contribution in [1.82, 2.24) is 5.32 Å². The number of hydrogen-bond acceptors (Lipinski definition) is 3. The van der Waals surface area contributed by atoms with Gasteiger partial charge < -0.3 is 14.8 Å². The third kappa shape index (κ3) is 5.89. The first-order valence-corrected chi connectivity index (χ1v) is 11.4. The lowest BCUT2D eigenvalue weighted by Gasteiger charge is -2.33. The topological polar surface area (TPSA) is 30.5 Å². The Bertz CT molecular complexity index is 942. The Morgan fingerprint density at radius 2 is 1.68 bits per heavy atom. The molecule has 3 nitrogen and oxygen atoms in total. The fourth-order valence-corrected chi connectivity index (χ4v) is 4.42. The van der Waals surface area contributed by atoms with Gasteiger partial charge in [0.05, 0.1) is 7.11 Å². The van der Waals surface area contributed by atoms with E-state index in [0.29, 0.717) is 12.0 Å². The lowest BCUT2D eigenvalue weighted by atomic mass is 9.87. The lowest BCUT2D eigenvalue weighted by Crippen LogP contribution is -2.36. The van der Waals surface area contributed by atoms with Crippen LogP contribution >= 0.6 is 0 Å². The highest BCUT2D eigenvalue weighted by atomic mass is 16.5. The molecule has 0 fully saturated rings. The van der Waals surface area contributed by atoms with E-state index in [4.69, 9.17) is 9.47 Å². The Morgan fingerprint density at radius 1 is 0.968 bits per heavy atom. The Hall–Kier alpha value is -2.78. The molecule has 31 heavy (non-hydrogen) atoms. The summed E-state index contributed by atoms with van der Waals surface area (Å²) in [5.74, 6) is 2.25. The van der Waals surface area contributed by atoms with E-state index in [-0.39, 0.29) is 6.10 Å². The normalized spacial score (nSPS) is 18.6. The zero-order valence-electron chi connectivity index (χ0n) is 18.6. The molecule has 0 saturated carbocycles. The fraction of sp³-hybridized carbons (Fsp3) is 0.357. The van der Waals surface area contributed by atoms with Crippen LogP contribution in [0.5, 0.6) is 11.5 Å². The van der Waals surface area contributed by atoms with E-state index < -0.39 is 0 Å². The van der Waals surface area contributed by atoms with Gasteiger partial charge in [0.1, 0.15) is 17.6 Å². The van der Waals surface area contributed by atoms with Gasteiger partial charge in [-0.25, -0.2) is 0 Å². The van der Waals surface area contributed by atoms with Gasteiger partial charge in [0.25, 0.3) is 0 Å².